The molecule has 8 heteroatoms. The van der Waals surface area contributed by atoms with Gasteiger partial charge in [-0.2, -0.15) is 0 Å². The monoisotopic (exact) mass is 344 g/mol. The molecule has 0 aliphatic carbocycles. The second kappa shape index (κ2) is 6.90. The highest BCUT2D eigenvalue weighted by Gasteiger charge is 2.20. The zero-order valence-electron chi connectivity index (χ0n) is 10.6. The van der Waals surface area contributed by atoms with E-state index in [1.165, 1.54) is 0 Å². The quantitative estimate of drug-likeness (QED) is 0.754. The van der Waals surface area contributed by atoms with Crippen LogP contribution in [0.15, 0.2) is 22.7 Å². The number of carboxylic acid groups (broad SMARTS) is 2. The Bertz CT molecular complexity index is 531. The van der Waals surface area contributed by atoms with Gasteiger partial charge in [-0.05, 0) is 24.6 Å². The molecule has 0 aliphatic heterocycles. The van der Waals surface area contributed by atoms with E-state index >= 15 is 0 Å². The van der Waals surface area contributed by atoms with E-state index in [9.17, 15) is 14.4 Å². The van der Waals surface area contributed by atoms with Crippen molar-refractivity contribution in [2.45, 2.75) is 6.92 Å². The van der Waals surface area contributed by atoms with Gasteiger partial charge in [0, 0.05) is 10.2 Å². The number of urea groups is 1. The zero-order chi connectivity index (χ0) is 15.3. The molecule has 0 heterocycles. The summed E-state index contributed by atoms with van der Waals surface area (Å²) in [6.07, 6.45) is 0. The molecule has 0 aromatic heterocycles. The molecule has 0 saturated carbocycles. The number of rotatable bonds is 5. The molecular formula is C12H13BrN2O5. The summed E-state index contributed by atoms with van der Waals surface area (Å²) in [6, 6.07) is 4.42. The van der Waals surface area contributed by atoms with Crippen LogP contribution >= 0.6 is 15.9 Å². The molecule has 20 heavy (non-hydrogen) atoms. The third kappa shape index (κ3) is 4.88. The first-order valence-corrected chi connectivity index (χ1v) is 6.34. The van der Waals surface area contributed by atoms with Crippen molar-refractivity contribution < 1.29 is 24.6 Å². The SMILES string of the molecule is Cc1ccc(Br)cc1NC(=O)N(CC(=O)O)CC(=O)O. The number of benzene rings is 1. The van der Waals surface area contributed by atoms with Crippen molar-refractivity contribution in [3.05, 3.63) is 28.2 Å². The maximum Gasteiger partial charge on any atom is 0.323 e. The van der Waals surface area contributed by atoms with Crippen LogP contribution in [0.1, 0.15) is 5.56 Å². The molecule has 7 nitrogen and oxygen atoms in total. The maximum atomic E-state index is 11.9. The summed E-state index contributed by atoms with van der Waals surface area (Å²) >= 11 is 3.25. The van der Waals surface area contributed by atoms with Crippen molar-refractivity contribution in [1.29, 1.82) is 0 Å². The van der Waals surface area contributed by atoms with E-state index < -0.39 is 31.1 Å². The number of carboxylic acids is 2. The standard InChI is InChI=1S/C12H13BrN2O5/c1-7-2-3-8(13)4-9(7)14-12(20)15(5-10(16)17)6-11(18)19/h2-4H,5-6H2,1H3,(H,14,20)(H,16,17)(H,18,19). The number of nitrogens with one attached hydrogen (secondary N) is 1. The summed E-state index contributed by atoms with van der Waals surface area (Å²) in [5, 5.41) is 19.9. The number of aryl methyl sites for hydroxylation is 1. The summed E-state index contributed by atoms with van der Waals surface area (Å²) < 4.78 is 0.737. The molecule has 0 fully saturated rings. The highest BCUT2D eigenvalue weighted by Crippen LogP contribution is 2.20. The van der Waals surface area contributed by atoms with Crippen LogP contribution in [0.3, 0.4) is 0 Å². The molecule has 1 aromatic rings. The molecule has 2 amide bonds. The van der Waals surface area contributed by atoms with E-state index in [0.717, 1.165) is 10.0 Å². The maximum absolute atomic E-state index is 11.9. The zero-order valence-corrected chi connectivity index (χ0v) is 12.2. The van der Waals surface area contributed by atoms with Crippen molar-refractivity contribution >= 4 is 39.6 Å². The van der Waals surface area contributed by atoms with Gasteiger partial charge >= 0.3 is 18.0 Å². The second-order valence-electron chi connectivity index (χ2n) is 4.03. The van der Waals surface area contributed by atoms with Crippen molar-refractivity contribution in [3.8, 4) is 0 Å². The lowest BCUT2D eigenvalue weighted by molar-refractivity contribution is -0.140. The summed E-state index contributed by atoms with van der Waals surface area (Å²) in [7, 11) is 0. The van der Waals surface area contributed by atoms with E-state index in [1.807, 2.05) is 0 Å². The summed E-state index contributed by atoms with van der Waals surface area (Å²) in [5.41, 5.74) is 1.25. The molecule has 0 unspecified atom stereocenters. The summed E-state index contributed by atoms with van der Waals surface area (Å²) in [6.45, 7) is 0.386. The van der Waals surface area contributed by atoms with Gasteiger partial charge in [0.25, 0.3) is 0 Å². The molecule has 1 rings (SSSR count). The van der Waals surface area contributed by atoms with Gasteiger partial charge in [-0.1, -0.05) is 22.0 Å². The van der Waals surface area contributed by atoms with Crippen LogP contribution < -0.4 is 5.32 Å². The second-order valence-corrected chi connectivity index (χ2v) is 4.95. The highest BCUT2D eigenvalue weighted by molar-refractivity contribution is 9.10. The molecule has 0 atom stereocenters. The molecule has 0 saturated heterocycles. The predicted molar refractivity (Wildman–Crippen MR) is 74.7 cm³/mol. The minimum Gasteiger partial charge on any atom is -0.480 e. The van der Waals surface area contributed by atoms with Crippen LogP contribution in [0.5, 0.6) is 0 Å². The number of hydrogen-bond acceptors (Lipinski definition) is 3. The average molecular weight is 345 g/mol. The Morgan fingerprint density at radius 1 is 1.20 bits per heavy atom. The number of carbonyl (C=O) groups excluding carboxylic acids is 1. The fraction of sp³-hybridized carbons (Fsp3) is 0.250. The Hall–Kier alpha value is -2.09. The first kappa shape index (κ1) is 16.0. The Morgan fingerprint density at radius 3 is 2.25 bits per heavy atom. The van der Waals surface area contributed by atoms with E-state index in [1.54, 1.807) is 25.1 Å². The third-order valence-electron chi connectivity index (χ3n) is 2.38. The Kier molecular flexibility index (Phi) is 5.51. The molecule has 3 N–H and O–H groups in total. The number of amides is 2. The van der Waals surface area contributed by atoms with E-state index in [0.29, 0.717) is 10.6 Å². The first-order chi connectivity index (χ1) is 9.29. The van der Waals surface area contributed by atoms with Gasteiger partial charge in [0.15, 0.2) is 0 Å². The average Bonchev–Trinajstić information content (AvgIpc) is 2.31. The van der Waals surface area contributed by atoms with Crippen LogP contribution in [-0.4, -0.2) is 46.2 Å². The molecule has 0 radical (unpaired) electrons. The molecule has 0 aliphatic rings. The van der Waals surface area contributed by atoms with Crippen molar-refractivity contribution in [1.82, 2.24) is 4.90 Å². The Balaban J connectivity index is 2.86. The summed E-state index contributed by atoms with van der Waals surface area (Å²) in [5.74, 6) is -2.57. The normalized spacial score (nSPS) is 9.90. The van der Waals surface area contributed by atoms with Gasteiger partial charge in [0.2, 0.25) is 0 Å². The fourth-order valence-corrected chi connectivity index (χ4v) is 1.81. The van der Waals surface area contributed by atoms with Gasteiger partial charge in [-0.3, -0.25) is 9.59 Å². The predicted octanol–water partition coefficient (Wildman–Crippen LogP) is 1.76. The molecule has 0 bridgehead atoms. The van der Waals surface area contributed by atoms with Gasteiger partial charge in [-0.15, -0.1) is 0 Å². The fourth-order valence-electron chi connectivity index (χ4n) is 1.45. The van der Waals surface area contributed by atoms with Crippen LogP contribution in [0.25, 0.3) is 0 Å². The lowest BCUT2D eigenvalue weighted by Gasteiger charge is -2.19. The van der Waals surface area contributed by atoms with Gasteiger partial charge in [0.05, 0.1) is 0 Å². The lowest BCUT2D eigenvalue weighted by Crippen LogP contribution is -2.42. The Morgan fingerprint density at radius 2 is 1.75 bits per heavy atom. The number of anilines is 1. The van der Waals surface area contributed by atoms with Gasteiger partial charge in [0.1, 0.15) is 13.1 Å². The number of nitrogens with zero attached hydrogens (tertiary/aromatic N) is 1. The number of halogens is 1. The van der Waals surface area contributed by atoms with Crippen LogP contribution in [-0.2, 0) is 9.59 Å². The van der Waals surface area contributed by atoms with Crippen LogP contribution in [0.4, 0.5) is 10.5 Å². The number of aliphatic carboxylic acids is 2. The molecule has 108 valence electrons. The van der Waals surface area contributed by atoms with Gasteiger partial charge in [-0.25, -0.2) is 4.79 Å². The molecule has 1 aromatic carbocycles. The highest BCUT2D eigenvalue weighted by atomic mass is 79.9. The first-order valence-electron chi connectivity index (χ1n) is 5.55. The number of hydrogen-bond donors (Lipinski definition) is 3. The number of carbonyl (C=O) groups is 3. The van der Waals surface area contributed by atoms with Crippen molar-refractivity contribution in [2.75, 3.05) is 18.4 Å². The lowest BCUT2D eigenvalue weighted by atomic mass is 10.2. The van der Waals surface area contributed by atoms with Crippen LogP contribution in [0.2, 0.25) is 0 Å². The van der Waals surface area contributed by atoms with E-state index in [2.05, 4.69) is 21.2 Å². The van der Waals surface area contributed by atoms with E-state index in [-0.39, 0.29) is 0 Å². The largest absolute Gasteiger partial charge is 0.480 e. The van der Waals surface area contributed by atoms with Crippen LogP contribution in [0, 0.1) is 6.92 Å². The molecular weight excluding hydrogens is 332 g/mol. The van der Waals surface area contributed by atoms with Crippen molar-refractivity contribution in [3.63, 3.8) is 0 Å². The van der Waals surface area contributed by atoms with Crippen molar-refractivity contribution in [2.24, 2.45) is 0 Å². The Labute approximate surface area is 123 Å². The minimum atomic E-state index is -1.28. The topological polar surface area (TPSA) is 107 Å². The van der Waals surface area contributed by atoms with E-state index in [4.69, 9.17) is 10.2 Å². The smallest absolute Gasteiger partial charge is 0.323 e. The minimum absolute atomic E-state index is 0.477. The summed E-state index contributed by atoms with van der Waals surface area (Å²) in [4.78, 5) is 33.9. The molecule has 0 spiro atoms. The van der Waals surface area contributed by atoms with Gasteiger partial charge < -0.3 is 20.4 Å². The third-order valence-corrected chi connectivity index (χ3v) is 2.87.